The maximum Gasteiger partial charge on any atom is 0.236 e. The van der Waals surface area contributed by atoms with Crippen molar-refractivity contribution in [2.45, 2.75) is 6.54 Å². The van der Waals surface area contributed by atoms with E-state index < -0.39 is 10.0 Å². The van der Waals surface area contributed by atoms with Crippen molar-refractivity contribution in [3.8, 4) is 0 Å². The molecule has 0 unspecified atom stereocenters. The van der Waals surface area contributed by atoms with Gasteiger partial charge in [-0.1, -0.05) is 60.7 Å². The number of hydrogen-bond acceptors (Lipinski definition) is 2. The first kappa shape index (κ1) is 16.9. The van der Waals surface area contributed by atoms with Crippen molar-refractivity contribution in [3.63, 3.8) is 0 Å². The van der Waals surface area contributed by atoms with Gasteiger partial charge in [-0.05, 0) is 11.6 Å². The quantitative estimate of drug-likeness (QED) is 0.891. The first-order chi connectivity index (χ1) is 11.6. The standard InChI is InChI=1S/C19H22N2O2S/c22-24(23,16-11-18-7-3-1-4-8-18)21-14-12-20(13-15-21)17-19-9-5-2-6-10-19/h1-11,16H,12-15,17H2/p+1/b16-11+. The van der Waals surface area contributed by atoms with Crippen LogP contribution in [0.2, 0.25) is 0 Å². The van der Waals surface area contributed by atoms with E-state index in [0.717, 1.165) is 25.2 Å². The molecular formula is C19H23N2O2S+. The van der Waals surface area contributed by atoms with E-state index in [1.165, 1.54) is 15.9 Å². The van der Waals surface area contributed by atoms with Gasteiger partial charge in [0.2, 0.25) is 10.0 Å². The molecule has 0 bridgehead atoms. The SMILES string of the molecule is O=S(=O)(/C=C/c1ccccc1)N1CC[NH+](Cc2ccccc2)CC1. The van der Waals surface area contributed by atoms with Gasteiger partial charge in [0, 0.05) is 11.0 Å². The van der Waals surface area contributed by atoms with Crippen molar-refractivity contribution in [3.05, 3.63) is 77.2 Å². The summed E-state index contributed by atoms with van der Waals surface area (Å²) in [7, 11) is -3.34. The third-order valence-electron chi connectivity index (χ3n) is 4.32. The van der Waals surface area contributed by atoms with Crippen LogP contribution < -0.4 is 4.90 Å². The van der Waals surface area contributed by atoms with Crippen LogP contribution in [0.5, 0.6) is 0 Å². The van der Waals surface area contributed by atoms with Crippen LogP contribution in [0.1, 0.15) is 11.1 Å². The molecule has 1 fully saturated rings. The van der Waals surface area contributed by atoms with E-state index in [0.29, 0.717) is 13.1 Å². The molecule has 1 N–H and O–H groups in total. The van der Waals surface area contributed by atoms with Crippen LogP contribution >= 0.6 is 0 Å². The summed E-state index contributed by atoms with van der Waals surface area (Å²) >= 11 is 0. The minimum atomic E-state index is -3.34. The van der Waals surface area contributed by atoms with Gasteiger partial charge in [0.15, 0.2) is 0 Å². The fourth-order valence-corrected chi connectivity index (χ4v) is 4.13. The zero-order chi connectivity index (χ0) is 16.8. The largest absolute Gasteiger partial charge is 0.329 e. The smallest absolute Gasteiger partial charge is 0.236 e. The topological polar surface area (TPSA) is 41.8 Å². The number of piperazine rings is 1. The van der Waals surface area contributed by atoms with Crippen LogP contribution in [-0.4, -0.2) is 38.9 Å². The van der Waals surface area contributed by atoms with Crippen LogP contribution in [0, 0.1) is 0 Å². The summed E-state index contributed by atoms with van der Waals surface area (Å²) in [5.74, 6) is 0. The fourth-order valence-electron chi connectivity index (χ4n) is 2.93. The molecule has 0 spiro atoms. The summed E-state index contributed by atoms with van der Waals surface area (Å²) in [6, 6.07) is 19.9. The lowest BCUT2D eigenvalue weighted by molar-refractivity contribution is -0.917. The predicted octanol–water partition coefficient (Wildman–Crippen LogP) is 1.39. The van der Waals surface area contributed by atoms with Gasteiger partial charge >= 0.3 is 0 Å². The number of nitrogens with one attached hydrogen (secondary N) is 1. The third kappa shape index (κ3) is 4.54. The molecule has 0 atom stereocenters. The Morgan fingerprint density at radius 1 is 0.917 bits per heavy atom. The Morgan fingerprint density at radius 2 is 1.50 bits per heavy atom. The molecular weight excluding hydrogens is 320 g/mol. The second-order valence-electron chi connectivity index (χ2n) is 6.07. The van der Waals surface area contributed by atoms with E-state index in [4.69, 9.17) is 0 Å². The number of benzene rings is 2. The molecule has 24 heavy (non-hydrogen) atoms. The number of quaternary nitrogens is 1. The average Bonchev–Trinajstić information content (AvgIpc) is 2.62. The van der Waals surface area contributed by atoms with Gasteiger partial charge in [-0.3, -0.25) is 0 Å². The maximum absolute atomic E-state index is 12.5. The Balaban J connectivity index is 1.56. The molecule has 1 heterocycles. The van der Waals surface area contributed by atoms with Crippen molar-refractivity contribution in [2.75, 3.05) is 26.2 Å². The van der Waals surface area contributed by atoms with E-state index >= 15 is 0 Å². The van der Waals surface area contributed by atoms with E-state index in [1.54, 1.807) is 10.4 Å². The van der Waals surface area contributed by atoms with Gasteiger partial charge in [-0.2, -0.15) is 4.31 Å². The van der Waals surface area contributed by atoms with Gasteiger partial charge in [0.05, 0.1) is 26.2 Å². The number of sulfonamides is 1. The lowest BCUT2D eigenvalue weighted by Gasteiger charge is -2.30. The average molecular weight is 343 g/mol. The van der Waals surface area contributed by atoms with Gasteiger partial charge < -0.3 is 4.90 Å². The molecule has 0 amide bonds. The van der Waals surface area contributed by atoms with Crippen LogP contribution in [0.4, 0.5) is 0 Å². The Morgan fingerprint density at radius 3 is 2.12 bits per heavy atom. The second kappa shape index (κ2) is 7.75. The van der Waals surface area contributed by atoms with Crippen LogP contribution in [0.25, 0.3) is 6.08 Å². The fraction of sp³-hybridized carbons (Fsp3) is 0.263. The number of hydrogen-bond donors (Lipinski definition) is 1. The highest BCUT2D eigenvalue weighted by atomic mass is 32.2. The highest BCUT2D eigenvalue weighted by molar-refractivity contribution is 7.92. The van der Waals surface area contributed by atoms with Crippen molar-refractivity contribution < 1.29 is 13.3 Å². The summed E-state index contributed by atoms with van der Waals surface area (Å²) in [5.41, 5.74) is 2.20. The van der Waals surface area contributed by atoms with Crippen LogP contribution in [0.3, 0.4) is 0 Å². The van der Waals surface area contributed by atoms with Gasteiger partial charge in [-0.15, -0.1) is 0 Å². The summed E-state index contributed by atoms with van der Waals surface area (Å²) < 4.78 is 26.5. The van der Waals surface area contributed by atoms with Gasteiger partial charge in [-0.25, -0.2) is 8.42 Å². The summed E-state index contributed by atoms with van der Waals surface area (Å²) in [4.78, 5) is 1.43. The van der Waals surface area contributed by atoms with Gasteiger partial charge in [0.25, 0.3) is 0 Å². The zero-order valence-corrected chi connectivity index (χ0v) is 14.5. The normalized spacial score (nSPS) is 17.3. The van der Waals surface area contributed by atoms with Crippen molar-refractivity contribution in [1.82, 2.24) is 4.31 Å². The molecule has 0 aromatic heterocycles. The van der Waals surface area contributed by atoms with Crippen molar-refractivity contribution in [2.24, 2.45) is 0 Å². The minimum Gasteiger partial charge on any atom is -0.329 e. The first-order valence-electron chi connectivity index (χ1n) is 8.24. The lowest BCUT2D eigenvalue weighted by Crippen LogP contribution is -3.13. The van der Waals surface area contributed by atoms with E-state index in [1.807, 2.05) is 48.5 Å². The third-order valence-corrected chi connectivity index (χ3v) is 5.88. The molecule has 0 aliphatic carbocycles. The summed E-state index contributed by atoms with van der Waals surface area (Å²) in [6.07, 6.45) is 1.67. The Kier molecular flexibility index (Phi) is 5.45. The zero-order valence-electron chi connectivity index (χ0n) is 13.6. The molecule has 0 saturated carbocycles. The highest BCUT2D eigenvalue weighted by Crippen LogP contribution is 2.08. The molecule has 3 rings (SSSR count). The monoisotopic (exact) mass is 343 g/mol. The molecule has 0 radical (unpaired) electrons. The Labute approximate surface area is 144 Å². The molecule has 1 aliphatic heterocycles. The second-order valence-corrected chi connectivity index (χ2v) is 7.89. The number of nitrogens with zero attached hydrogens (tertiary/aromatic N) is 1. The number of rotatable bonds is 5. The van der Waals surface area contributed by atoms with Crippen molar-refractivity contribution >= 4 is 16.1 Å². The highest BCUT2D eigenvalue weighted by Gasteiger charge is 2.27. The molecule has 2 aromatic carbocycles. The van der Waals surface area contributed by atoms with E-state index in [-0.39, 0.29) is 0 Å². The maximum atomic E-state index is 12.5. The van der Waals surface area contributed by atoms with Crippen LogP contribution in [-0.2, 0) is 16.6 Å². The van der Waals surface area contributed by atoms with Crippen molar-refractivity contribution in [1.29, 1.82) is 0 Å². The molecule has 1 saturated heterocycles. The minimum absolute atomic E-state index is 0.573. The molecule has 4 nitrogen and oxygen atoms in total. The van der Waals surface area contributed by atoms with Crippen LogP contribution in [0.15, 0.2) is 66.1 Å². The Bertz CT molecular complexity index is 766. The van der Waals surface area contributed by atoms with E-state index in [2.05, 4.69) is 12.1 Å². The predicted molar refractivity (Wildman–Crippen MR) is 96.8 cm³/mol. The summed E-state index contributed by atoms with van der Waals surface area (Å²) in [5, 5.41) is 1.32. The first-order valence-corrected chi connectivity index (χ1v) is 9.74. The Hall–Kier alpha value is -1.95. The van der Waals surface area contributed by atoms with Gasteiger partial charge in [0.1, 0.15) is 6.54 Å². The molecule has 126 valence electrons. The molecule has 5 heteroatoms. The molecule has 1 aliphatic rings. The molecule has 2 aromatic rings. The van der Waals surface area contributed by atoms with E-state index in [9.17, 15) is 8.42 Å². The summed E-state index contributed by atoms with van der Waals surface area (Å²) in [6.45, 7) is 3.78. The lowest BCUT2D eigenvalue weighted by atomic mass is 10.2.